The Labute approximate surface area is 140 Å². The van der Waals surface area contributed by atoms with Crippen LogP contribution < -0.4 is 5.32 Å². The molecule has 1 N–H and O–H groups in total. The molecule has 2 heterocycles. The molecule has 3 aromatic rings. The van der Waals surface area contributed by atoms with Crippen molar-refractivity contribution in [3.05, 3.63) is 59.7 Å². The van der Waals surface area contributed by atoms with Gasteiger partial charge in [-0.05, 0) is 37.5 Å². The van der Waals surface area contributed by atoms with Gasteiger partial charge in [-0.3, -0.25) is 14.8 Å². The summed E-state index contributed by atoms with van der Waals surface area (Å²) >= 11 is 0. The van der Waals surface area contributed by atoms with Crippen LogP contribution in [0, 0.1) is 13.8 Å². The lowest BCUT2D eigenvalue weighted by molar-refractivity contribution is -0.119. The lowest BCUT2D eigenvalue weighted by Crippen LogP contribution is -2.24. The highest BCUT2D eigenvalue weighted by molar-refractivity contribution is 5.91. The van der Waals surface area contributed by atoms with E-state index in [1.54, 1.807) is 28.8 Å². The molecule has 2 aromatic heterocycles. The van der Waals surface area contributed by atoms with Crippen LogP contribution in [0.25, 0.3) is 0 Å². The lowest BCUT2D eigenvalue weighted by atomic mass is 10.1. The van der Waals surface area contributed by atoms with Gasteiger partial charge >= 0.3 is 0 Å². The number of aromatic nitrogens is 5. The number of carbonyl (C=O) groups is 1. The average molecular weight is 324 g/mol. The van der Waals surface area contributed by atoms with Gasteiger partial charge in [-0.25, -0.2) is 9.67 Å². The van der Waals surface area contributed by atoms with Gasteiger partial charge in [0.2, 0.25) is 5.95 Å². The van der Waals surface area contributed by atoms with Crippen LogP contribution >= 0.6 is 0 Å². The Morgan fingerprint density at radius 2 is 2.08 bits per heavy atom. The minimum atomic E-state index is -0.429. The zero-order chi connectivity index (χ0) is 17.1. The van der Waals surface area contributed by atoms with E-state index in [2.05, 4.69) is 39.6 Å². The van der Waals surface area contributed by atoms with E-state index in [0.29, 0.717) is 12.5 Å². The highest BCUT2D eigenvalue weighted by Crippen LogP contribution is 2.11. The third-order valence-corrected chi connectivity index (χ3v) is 3.87. The van der Waals surface area contributed by atoms with Gasteiger partial charge in [0.25, 0.3) is 5.91 Å². The van der Waals surface area contributed by atoms with E-state index in [0.717, 1.165) is 5.56 Å². The summed E-state index contributed by atoms with van der Waals surface area (Å²) in [5, 5.41) is 11.2. The first kappa shape index (κ1) is 15.9. The van der Waals surface area contributed by atoms with E-state index in [9.17, 15) is 4.79 Å². The fourth-order valence-corrected chi connectivity index (χ4v) is 2.37. The second kappa shape index (κ2) is 6.66. The number of benzene rings is 1. The number of amides is 1. The van der Waals surface area contributed by atoms with Crippen molar-refractivity contribution < 1.29 is 4.79 Å². The van der Waals surface area contributed by atoms with E-state index >= 15 is 0 Å². The van der Waals surface area contributed by atoms with Crippen LogP contribution in [0.15, 0.2) is 43.0 Å². The van der Waals surface area contributed by atoms with Crippen LogP contribution in [0.5, 0.6) is 0 Å². The highest BCUT2D eigenvalue weighted by Gasteiger charge is 2.17. The van der Waals surface area contributed by atoms with E-state index in [1.807, 2.05) is 25.3 Å². The molecule has 1 aromatic carbocycles. The fraction of sp³-hybridized carbons (Fsp3) is 0.294. The summed E-state index contributed by atoms with van der Waals surface area (Å²) in [7, 11) is 0. The van der Waals surface area contributed by atoms with Crippen LogP contribution in [0.2, 0.25) is 0 Å². The molecule has 0 spiro atoms. The van der Waals surface area contributed by atoms with Crippen molar-refractivity contribution in [3.8, 4) is 0 Å². The summed E-state index contributed by atoms with van der Waals surface area (Å²) in [5.74, 6) is 0.0936. The minimum Gasteiger partial charge on any atom is -0.291 e. The Hall–Kier alpha value is -2.96. The third-order valence-electron chi connectivity index (χ3n) is 3.87. The van der Waals surface area contributed by atoms with Gasteiger partial charge in [0.1, 0.15) is 12.4 Å². The lowest BCUT2D eigenvalue weighted by Gasteiger charge is -2.10. The smallest absolute Gasteiger partial charge is 0.251 e. The topological polar surface area (TPSA) is 77.6 Å². The van der Waals surface area contributed by atoms with E-state index in [-0.39, 0.29) is 5.91 Å². The molecule has 1 unspecified atom stereocenters. The minimum absolute atomic E-state index is 0.202. The maximum atomic E-state index is 12.3. The summed E-state index contributed by atoms with van der Waals surface area (Å²) in [4.78, 5) is 16.4. The summed E-state index contributed by atoms with van der Waals surface area (Å²) in [5.41, 5.74) is 3.37. The normalized spacial score (nSPS) is 12.1. The second-order valence-electron chi connectivity index (χ2n) is 5.86. The first-order chi connectivity index (χ1) is 11.5. The molecule has 1 amide bonds. The zero-order valence-corrected chi connectivity index (χ0v) is 14.0. The third kappa shape index (κ3) is 3.51. The molecule has 7 heteroatoms. The van der Waals surface area contributed by atoms with Crippen molar-refractivity contribution in [1.82, 2.24) is 24.5 Å². The molecule has 24 heavy (non-hydrogen) atoms. The van der Waals surface area contributed by atoms with E-state index < -0.39 is 6.04 Å². The number of carbonyl (C=O) groups excluding carboxylic acids is 1. The number of hydrogen-bond acceptors (Lipinski definition) is 4. The Balaban J connectivity index is 1.65. The predicted molar refractivity (Wildman–Crippen MR) is 90.6 cm³/mol. The summed E-state index contributed by atoms with van der Waals surface area (Å²) < 4.78 is 3.33. The van der Waals surface area contributed by atoms with E-state index in [1.165, 1.54) is 11.1 Å². The molecular weight excluding hydrogens is 304 g/mol. The zero-order valence-electron chi connectivity index (χ0n) is 14.0. The van der Waals surface area contributed by atoms with Crippen molar-refractivity contribution >= 4 is 11.9 Å². The molecule has 1 atom stereocenters. The summed E-state index contributed by atoms with van der Waals surface area (Å²) in [6.07, 6.45) is 5.16. The highest BCUT2D eigenvalue weighted by atomic mass is 16.2. The number of nitrogens with zero attached hydrogens (tertiary/aromatic N) is 5. The first-order valence-corrected chi connectivity index (χ1v) is 7.78. The van der Waals surface area contributed by atoms with Crippen LogP contribution in [0.3, 0.4) is 0 Å². The SMILES string of the molecule is Cc1cnn(C(C)C(=O)Nc2ncn(Cc3ccccc3C)n2)c1. The Kier molecular flexibility index (Phi) is 4.41. The number of hydrogen-bond donors (Lipinski definition) is 1. The molecule has 0 aliphatic carbocycles. The number of anilines is 1. The Morgan fingerprint density at radius 1 is 1.29 bits per heavy atom. The standard InChI is InChI=1S/C17H20N6O/c1-12-8-19-23(9-12)14(3)16(24)20-17-18-11-22(21-17)10-15-7-5-4-6-13(15)2/h4-9,11,14H,10H2,1-3H3,(H,20,21,24). The van der Waals surface area contributed by atoms with Crippen LogP contribution in [0.1, 0.15) is 29.7 Å². The van der Waals surface area contributed by atoms with Crippen LogP contribution in [0.4, 0.5) is 5.95 Å². The number of aryl methyl sites for hydroxylation is 2. The van der Waals surface area contributed by atoms with Gasteiger partial charge in [-0.1, -0.05) is 24.3 Å². The summed E-state index contributed by atoms with van der Waals surface area (Å²) in [6, 6.07) is 7.68. The van der Waals surface area contributed by atoms with Gasteiger partial charge in [0, 0.05) is 6.20 Å². The van der Waals surface area contributed by atoms with Gasteiger partial charge < -0.3 is 0 Å². The maximum absolute atomic E-state index is 12.3. The maximum Gasteiger partial charge on any atom is 0.251 e. The van der Waals surface area contributed by atoms with Gasteiger partial charge in [-0.2, -0.15) is 5.10 Å². The number of nitrogens with one attached hydrogen (secondary N) is 1. The fourth-order valence-electron chi connectivity index (χ4n) is 2.37. The molecular formula is C17H20N6O. The van der Waals surface area contributed by atoms with Crippen LogP contribution in [-0.2, 0) is 11.3 Å². The van der Waals surface area contributed by atoms with Crippen molar-refractivity contribution in [2.75, 3.05) is 5.32 Å². The average Bonchev–Trinajstić information content (AvgIpc) is 3.18. The summed E-state index contributed by atoms with van der Waals surface area (Å²) in [6.45, 7) is 6.39. The molecule has 0 aliphatic rings. The molecule has 0 aliphatic heterocycles. The largest absolute Gasteiger partial charge is 0.291 e. The van der Waals surface area contributed by atoms with Crippen molar-refractivity contribution in [1.29, 1.82) is 0 Å². The molecule has 0 saturated carbocycles. The molecule has 0 radical (unpaired) electrons. The van der Waals surface area contributed by atoms with Gasteiger partial charge in [-0.15, -0.1) is 5.10 Å². The molecule has 0 saturated heterocycles. The molecule has 124 valence electrons. The second-order valence-corrected chi connectivity index (χ2v) is 5.86. The quantitative estimate of drug-likeness (QED) is 0.781. The Bertz CT molecular complexity index is 850. The number of rotatable bonds is 5. The molecule has 7 nitrogen and oxygen atoms in total. The van der Waals surface area contributed by atoms with Crippen molar-refractivity contribution in [3.63, 3.8) is 0 Å². The Morgan fingerprint density at radius 3 is 2.79 bits per heavy atom. The predicted octanol–water partition coefficient (Wildman–Crippen LogP) is 2.34. The monoisotopic (exact) mass is 324 g/mol. The molecule has 0 bridgehead atoms. The van der Waals surface area contributed by atoms with Crippen LogP contribution in [-0.4, -0.2) is 30.5 Å². The molecule has 0 fully saturated rings. The first-order valence-electron chi connectivity index (χ1n) is 7.78. The van der Waals surface area contributed by atoms with Gasteiger partial charge in [0.15, 0.2) is 0 Å². The van der Waals surface area contributed by atoms with Crippen molar-refractivity contribution in [2.45, 2.75) is 33.4 Å². The van der Waals surface area contributed by atoms with Crippen molar-refractivity contribution in [2.24, 2.45) is 0 Å². The van der Waals surface area contributed by atoms with Gasteiger partial charge in [0.05, 0.1) is 12.7 Å². The van der Waals surface area contributed by atoms with E-state index in [4.69, 9.17) is 0 Å². The molecule has 3 rings (SSSR count).